The molecule has 116 valence electrons. The van der Waals surface area contributed by atoms with Crippen molar-refractivity contribution in [2.75, 3.05) is 11.4 Å². The molecule has 0 aromatic heterocycles. The van der Waals surface area contributed by atoms with E-state index in [-0.39, 0.29) is 15.6 Å². The maximum Gasteiger partial charge on any atom is 0.289 e. The van der Waals surface area contributed by atoms with E-state index in [4.69, 9.17) is 11.6 Å². The molecule has 2 aromatic carbocycles. The first kappa shape index (κ1) is 16.2. The van der Waals surface area contributed by atoms with Crippen LogP contribution in [0.2, 0.25) is 5.02 Å². The molecule has 0 atom stereocenters. The third kappa shape index (κ3) is 2.88. The number of anilines is 1. The maximum atomic E-state index is 13.7. The number of rotatable bonds is 4. The number of hydrogen-bond donors (Lipinski definition) is 0. The fourth-order valence-electron chi connectivity index (χ4n) is 1.79. The molecule has 0 aliphatic carbocycles. The first-order valence-electron chi connectivity index (χ1n) is 5.92. The minimum absolute atomic E-state index is 0.167. The molecule has 22 heavy (non-hydrogen) atoms. The number of halogens is 2. The summed E-state index contributed by atoms with van der Waals surface area (Å²) in [4.78, 5) is 9.71. The lowest BCUT2D eigenvalue weighted by atomic mass is 10.3. The number of nitrogens with zero attached hydrogens (tertiary/aromatic N) is 2. The van der Waals surface area contributed by atoms with Crippen molar-refractivity contribution in [3.8, 4) is 0 Å². The van der Waals surface area contributed by atoms with Gasteiger partial charge >= 0.3 is 0 Å². The Kier molecular flexibility index (Phi) is 4.34. The van der Waals surface area contributed by atoms with Crippen LogP contribution in [0.3, 0.4) is 0 Å². The molecular weight excluding hydrogens is 335 g/mol. The van der Waals surface area contributed by atoms with Crippen LogP contribution < -0.4 is 4.31 Å². The summed E-state index contributed by atoms with van der Waals surface area (Å²) in [6.45, 7) is 0. The number of benzene rings is 2. The largest absolute Gasteiger partial charge is 0.289 e. The summed E-state index contributed by atoms with van der Waals surface area (Å²) >= 11 is 5.65. The zero-order chi connectivity index (χ0) is 16.5. The lowest BCUT2D eigenvalue weighted by Gasteiger charge is -2.19. The van der Waals surface area contributed by atoms with Gasteiger partial charge in [0, 0.05) is 13.1 Å². The highest BCUT2D eigenvalue weighted by atomic mass is 35.5. The second-order valence-electron chi connectivity index (χ2n) is 4.29. The summed E-state index contributed by atoms with van der Waals surface area (Å²) < 4.78 is 39.4. The second-order valence-corrected chi connectivity index (χ2v) is 6.67. The third-order valence-electron chi connectivity index (χ3n) is 2.96. The fourth-order valence-corrected chi connectivity index (χ4v) is 3.20. The van der Waals surface area contributed by atoms with Gasteiger partial charge < -0.3 is 0 Å². The van der Waals surface area contributed by atoms with E-state index in [1.165, 1.54) is 18.2 Å². The Hall–Kier alpha value is -2.19. The average molecular weight is 345 g/mol. The van der Waals surface area contributed by atoms with Crippen molar-refractivity contribution in [2.24, 2.45) is 0 Å². The Bertz CT molecular complexity index is 842. The standard InChI is InChI=1S/C13H10ClFN2O4S/c1-16(12-5-3-2-4-11(12)15)22(20,21)9-6-7-10(14)13(8-9)17(18)19/h2-8H,1H3. The zero-order valence-electron chi connectivity index (χ0n) is 11.2. The van der Waals surface area contributed by atoms with Crippen LogP contribution >= 0.6 is 11.6 Å². The normalized spacial score (nSPS) is 11.2. The van der Waals surface area contributed by atoms with E-state index in [1.807, 2.05) is 0 Å². The molecule has 2 rings (SSSR count). The van der Waals surface area contributed by atoms with E-state index in [9.17, 15) is 22.9 Å². The Balaban J connectivity index is 2.54. The summed E-state index contributed by atoms with van der Waals surface area (Å²) in [7, 11) is -3.00. The third-order valence-corrected chi connectivity index (χ3v) is 5.05. The molecule has 0 aliphatic rings. The van der Waals surface area contributed by atoms with Crippen molar-refractivity contribution < 1.29 is 17.7 Å². The molecule has 0 spiro atoms. The number of hydrogen-bond acceptors (Lipinski definition) is 4. The highest BCUT2D eigenvalue weighted by Gasteiger charge is 2.26. The van der Waals surface area contributed by atoms with E-state index in [0.29, 0.717) is 0 Å². The SMILES string of the molecule is CN(c1ccccc1F)S(=O)(=O)c1ccc(Cl)c([N+](=O)[O-])c1. The monoisotopic (exact) mass is 344 g/mol. The molecule has 0 aliphatic heterocycles. The first-order valence-corrected chi connectivity index (χ1v) is 7.74. The van der Waals surface area contributed by atoms with Crippen molar-refractivity contribution in [3.63, 3.8) is 0 Å². The van der Waals surface area contributed by atoms with Gasteiger partial charge in [0.25, 0.3) is 15.7 Å². The molecular formula is C13H10ClFN2O4S. The summed E-state index contributed by atoms with van der Waals surface area (Å²) in [6.07, 6.45) is 0. The van der Waals surface area contributed by atoms with E-state index in [0.717, 1.165) is 35.6 Å². The molecule has 6 nitrogen and oxygen atoms in total. The molecule has 0 N–H and O–H groups in total. The highest BCUT2D eigenvalue weighted by molar-refractivity contribution is 7.92. The van der Waals surface area contributed by atoms with E-state index in [2.05, 4.69) is 0 Å². The lowest BCUT2D eigenvalue weighted by Crippen LogP contribution is -2.27. The van der Waals surface area contributed by atoms with Gasteiger partial charge in [-0.25, -0.2) is 12.8 Å². The number of sulfonamides is 1. The van der Waals surface area contributed by atoms with Gasteiger partial charge in [0.15, 0.2) is 0 Å². The molecule has 0 bridgehead atoms. The van der Waals surface area contributed by atoms with Crippen LogP contribution in [-0.2, 0) is 10.0 Å². The molecule has 0 fully saturated rings. The van der Waals surface area contributed by atoms with E-state index < -0.39 is 26.5 Å². The number of para-hydroxylation sites is 1. The van der Waals surface area contributed by atoms with Gasteiger partial charge in [-0.1, -0.05) is 23.7 Å². The number of nitro benzene ring substituents is 1. The van der Waals surface area contributed by atoms with Gasteiger partial charge in [0.05, 0.1) is 15.5 Å². The molecule has 0 saturated heterocycles. The quantitative estimate of drug-likeness (QED) is 0.630. The van der Waals surface area contributed by atoms with E-state index in [1.54, 1.807) is 0 Å². The van der Waals surface area contributed by atoms with Crippen molar-refractivity contribution in [2.45, 2.75) is 4.90 Å². The predicted molar refractivity (Wildman–Crippen MR) is 80.1 cm³/mol. The van der Waals surface area contributed by atoms with Crippen molar-refractivity contribution in [3.05, 3.63) is 63.4 Å². The Morgan fingerprint density at radius 3 is 2.45 bits per heavy atom. The summed E-state index contributed by atoms with van der Waals surface area (Å²) in [5.41, 5.74) is -0.704. The predicted octanol–water partition coefficient (Wildman–Crippen LogP) is 3.21. The van der Waals surface area contributed by atoms with Gasteiger partial charge in [-0.05, 0) is 24.3 Å². The van der Waals surface area contributed by atoms with Gasteiger partial charge in [0.1, 0.15) is 10.8 Å². The van der Waals surface area contributed by atoms with Crippen LogP contribution in [0.5, 0.6) is 0 Å². The van der Waals surface area contributed by atoms with Crippen LogP contribution in [-0.4, -0.2) is 20.4 Å². The topological polar surface area (TPSA) is 80.5 Å². The van der Waals surface area contributed by atoms with Gasteiger partial charge in [-0.15, -0.1) is 0 Å². The minimum atomic E-state index is -4.16. The first-order chi connectivity index (χ1) is 10.2. The van der Waals surface area contributed by atoms with Gasteiger partial charge in [-0.3, -0.25) is 14.4 Å². The Morgan fingerprint density at radius 2 is 1.86 bits per heavy atom. The fraction of sp³-hybridized carbons (Fsp3) is 0.0769. The van der Waals surface area contributed by atoms with Crippen LogP contribution in [0.25, 0.3) is 0 Å². The summed E-state index contributed by atoms with van der Waals surface area (Å²) in [6, 6.07) is 8.39. The highest BCUT2D eigenvalue weighted by Crippen LogP contribution is 2.30. The minimum Gasteiger partial charge on any atom is -0.266 e. The Morgan fingerprint density at radius 1 is 1.23 bits per heavy atom. The Labute approximate surface area is 130 Å². The number of nitro groups is 1. The molecule has 0 heterocycles. The van der Waals surface area contributed by atoms with Crippen LogP contribution in [0.4, 0.5) is 15.8 Å². The van der Waals surface area contributed by atoms with Crippen molar-refractivity contribution in [1.29, 1.82) is 0 Å². The van der Waals surface area contributed by atoms with Crippen LogP contribution in [0.1, 0.15) is 0 Å². The smallest absolute Gasteiger partial charge is 0.266 e. The zero-order valence-corrected chi connectivity index (χ0v) is 12.8. The molecule has 0 saturated carbocycles. The van der Waals surface area contributed by atoms with Crippen molar-refractivity contribution in [1.82, 2.24) is 0 Å². The molecule has 0 amide bonds. The maximum absolute atomic E-state index is 13.7. The van der Waals surface area contributed by atoms with Gasteiger partial charge in [-0.2, -0.15) is 0 Å². The molecule has 9 heteroatoms. The van der Waals surface area contributed by atoms with Crippen LogP contribution in [0, 0.1) is 15.9 Å². The van der Waals surface area contributed by atoms with Crippen molar-refractivity contribution >= 4 is 33.0 Å². The van der Waals surface area contributed by atoms with Gasteiger partial charge in [0.2, 0.25) is 0 Å². The average Bonchev–Trinajstić information content (AvgIpc) is 2.47. The van der Waals surface area contributed by atoms with E-state index >= 15 is 0 Å². The lowest BCUT2D eigenvalue weighted by molar-refractivity contribution is -0.384. The second kappa shape index (κ2) is 5.90. The molecule has 0 radical (unpaired) electrons. The summed E-state index contributed by atoms with van der Waals surface area (Å²) in [5.74, 6) is -0.725. The van der Waals surface area contributed by atoms with Crippen LogP contribution in [0.15, 0.2) is 47.4 Å². The summed E-state index contributed by atoms with van der Waals surface area (Å²) in [5, 5.41) is 10.7. The molecule has 2 aromatic rings. The molecule has 0 unspecified atom stereocenters.